The number of benzene rings is 1. The Bertz CT molecular complexity index is 965. The summed E-state index contributed by atoms with van der Waals surface area (Å²) in [6, 6.07) is 7.68. The molecule has 0 aromatic heterocycles. The van der Waals surface area contributed by atoms with Gasteiger partial charge in [0.05, 0.1) is 4.90 Å². The van der Waals surface area contributed by atoms with Gasteiger partial charge in [-0.1, -0.05) is 25.1 Å². The Morgan fingerprint density at radius 1 is 1.06 bits per heavy atom. The predicted molar refractivity (Wildman–Crippen MR) is 112 cm³/mol. The SMILES string of the molecule is CC1CCC2(CC1)NC(=O)N(CC(=O)N1CCN(S(=O)(=O)c3ccccc3)CC1)C2=O. The van der Waals surface area contributed by atoms with Gasteiger partial charge in [-0.2, -0.15) is 4.31 Å². The quantitative estimate of drug-likeness (QED) is 0.692. The molecule has 10 heteroatoms. The normalized spacial score (nSPS) is 27.6. The number of piperazine rings is 1. The average molecular weight is 449 g/mol. The third-order valence-corrected chi connectivity index (χ3v) is 8.55. The number of hydrogen-bond donors (Lipinski definition) is 1. The summed E-state index contributed by atoms with van der Waals surface area (Å²) >= 11 is 0. The van der Waals surface area contributed by atoms with Crippen LogP contribution in [0.15, 0.2) is 35.2 Å². The molecule has 2 heterocycles. The van der Waals surface area contributed by atoms with Gasteiger partial charge in [0.1, 0.15) is 12.1 Å². The van der Waals surface area contributed by atoms with Crippen molar-refractivity contribution in [3.63, 3.8) is 0 Å². The molecule has 1 aromatic carbocycles. The molecule has 1 spiro atoms. The van der Waals surface area contributed by atoms with Crippen molar-refractivity contribution in [1.29, 1.82) is 0 Å². The van der Waals surface area contributed by atoms with Crippen LogP contribution < -0.4 is 5.32 Å². The zero-order valence-electron chi connectivity index (χ0n) is 17.6. The zero-order chi connectivity index (χ0) is 22.2. The average Bonchev–Trinajstić information content (AvgIpc) is 3.00. The first-order valence-electron chi connectivity index (χ1n) is 10.7. The molecule has 0 unspecified atom stereocenters. The molecule has 1 saturated carbocycles. The second-order valence-corrected chi connectivity index (χ2v) is 10.6. The van der Waals surface area contributed by atoms with Crippen LogP contribution in [0, 0.1) is 5.92 Å². The van der Waals surface area contributed by atoms with Crippen LogP contribution in [0.2, 0.25) is 0 Å². The lowest BCUT2D eigenvalue weighted by molar-refractivity contribution is -0.140. The van der Waals surface area contributed by atoms with Crippen LogP contribution in [-0.2, 0) is 19.6 Å². The first kappa shape index (κ1) is 21.8. The largest absolute Gasteiger partial charge is 0.338 e. The van der Waals surface area contributed by atoms with Crippen molar-refractivity contribution in [2.75, 3.05) is 32.7 Å². The van der Waals surface area contributed by atoms with Crippen molar-refractivity contribution >= 4 is 27.9 Å². The van der Waals surface area contributed by atoms with E-state index in [9.17, 15) is 22.8 Å². The second-order valence-electron chi connectivity index (χ2n) is 8.68. The van der Waals surface area contributed by atoms with Gasteiger partial charge in [0.2, 0.25) is 15.9 Å². The van der Waals surface area contributed by atoms with E-state index < -0.39 is 21.6 Å². The Hall–Kier alpha value is -2.46. The van der Waals surface area contributed by atoms with E-state index in [2.05, 4.69) is 12.2 Å². The number of carbonyl (C=O) groups is 3. The monoisotopic (exact) mass is 448 g/mol. The van der Waals surface area contributed by atoms with E-state index in [0.29, 0.717) is 18.8 Å². The highest BCUT2D eigenvalue weighted by Gasteiger charge is 2.52. The maximum Gasteiger partial charge on any atom is 0.325 e. The number of hydrogen-bond acceptors (Lipinski definition) is 5. The number of nitrogens with zero attached hydrogens (tertiary/aromatic N) is 3. The van der Waals surface area contributed by atoms with Gasteiger partial charge in [0.25, 0.3) is 5.91 Å². The number of amides is 4. The second kappa shape index (κ2) is 8.23. The summed E-state index contributed by atoms with van der Waals surface area (Å²) < 4.78 is 26.8. The number of imide groups is 1. The number of sulfonamides is 1. The Morgan fingerprint density at radius 2 is 1.68 bits per heavy atom. The molecule has 1 aromatic rings. The minimum atomic E-state index is -3.61. The van der Waals surface area contributed by atoms with Gasteiger partial charge in [-0.3, -0.25) is 14.5 Å². The minimum Gasteiger partial charge on any atom is -0.338 e. The summed E-state index contributed by atoms with van der Waals surface area (Å²) in [6.45, 7) is 2.60. The molecule has 1 N–H and O–H groups in total. The summed E-state index contributed by atoms with van der Waals surface area (Å²) in [5, 5.41) is 2.82. The molecule has 31 heavy (non-hydrogen) atoms. The van der Waals surface area contributed by atoms with E-state index in [-0.39, 0.29) is 49.4 Å². The van der Waals surface area contributed by atoms with E-state index in [0.717, 1.165) is 17.7 Å². The van der Waals surface area contributed by atoms with E-state index in [1.165, 1.54) is 9.21 Å². The maximum atomic E-state index is 12.9. The van der Waals surface area contributed by atoms with Gasteiger partial charge < -0.3 is 10.2 Å². The Morgan fingerprint density at radius 3 is 2.29 bits per heavy atom. The summed E-state index contributed by atoms with van der Waals surface area (Å²) in [6.07, 6.45) is 2.93. The summed E-state index contributed by atoms with van der Waals surface area (Å²) in [5.74, 6) is -0.140. The lowest BCUT2D eigenvalue weighted by Crippen LogP contribution is -2.53. The van der Waals surface area contributed by atoms with Gasteiger partial charge in [0, 0.05) is 26.2 Å². The van der Waals surface area contributed by atoms with E-state index in [1.807, 2.05) is 0 Å². The van der Waals surface area contributed by atoms with Crippen molar-refractivity contribution in [2.24, 2.45) is 5.92 Å². The van der Waals surface area contributed by atoms with Crippen LogP contribution in [0.4, 0.5) is 4.79 Å². The lowest BCUT2D eigenvalue weighted by atomic mass is 9.77. The molecule has 0 bridgehead atoms. The van der Waals surface area contributed by atoms with Gasteiger partial charge >= 0.3 is 6.03 Å². The molecule has 2 aliphatic heterocycles. The van der Waals surface area contributed by atoms with E-state index in [4.69, 9.17) is 0 Å². The number of carbonyl (C=O) groups excluding carboxylic acids is 3. The van der Waals surface area contributed by atoms with Crippen molar-refractivity contribution in [3.05, 3.63) is 30.3 Å². The smallest absolute Gasteiger partial charge is 0.325 e. The van der Waals surface area contributed by atoms with Crippen LogP contribution in [-0.4, -0.2) is 78.6 Å². The maximum absolute atomic E-state index is 12.9. The first-order valence-corrected chi connectivity index (χ1v) is 12.1. The topological polar surface area (TPSA) is 107 Å². The highest BCUT2D eigenvalue weighted by Crippen LogP contribution is 2.36. The standard InChI is InChI=1S/C21H28N4O5S/c1-16-7-9-21(10-8-16)19(27)25(20(28)22-21)15-18(26)23-11-13-24(14-12-23)31(29,30)17-5-3-2-4-6-17/h2-6,16H,7-15H2,1H3,(H,22,28). The fraction of sp³-hybridized carbons (Fsp3) is 0.571. The molecule has 4 rings (SSSR count). The number of rotatable bonds is 4. The van der Waals surface area contributed by atoms with Crippen molar-refractivity contribution in [2.45, 2.75) is 43.0 Å². The van der Waals surface area contributed by atoms with E-state index in [1.54, 1.807) is 30.3 Å². The molecular formula is C21H28N4O5S. The van der Waals surface area contributed by atoms with Crippen LogP contribution in [0.25, 0.3) is 0 Å². The lowest BCUT2D eigenvalue weighted by Gasteiger charge is -2.35. The molecule has 0 atom stereocenters. The van der Waals surface area contributed by atoms with Gasteiger partial charge in [-0.25, -0.2) is 13.2 Å². The third-order valence-electron chi connectivity index (χ3n) is 6.64. The molecule has 1 aliphatic carbocycles. The van der Waals surface area contributed by atoms with Gasteiger partial charge in [0.15, 0.2) is 0 Å². The fourth-order valence-electron chi connectivity index (χ4n) is 4.57. The van der Waals surface area contributed by atoms with Crippen LogP contribution in [0.5, 0.6) is 0 Å². The highest BCUT2D eigenvalue weighted by atomic mass is 32.2. The number of nitrogens with one attached hydrogen (secondary N) is 1. The van der Waals surface area contributed by atoms with Gasteiger partial charge in [-0.15, -0.1) is 0 Å². The molecule has 3 aliphatic rings. The summed E-state index contributed by atoms with van der Waals surface area (Å²) in [4.78, 5) is 40.9. The van der Waals surface area contributed by atoms with Crippen molar-refractivity contribution in [1.82, 2.24) is 19.4 Å². The van der Waals surface area contributed by atoms with Gasteiger partial charge in [-0.05, 0) is 43.7 Å². The molecule has 2 saturated heterocycles. The molecule has 4 amide bonds. The minimum absolute atomic E-state index is 0.172. The van der Waals surface area contributed by atoms with Crippen molar-refractivity contribution < 1.29 is 22.8 Å². The van der Waals surface area contributed by atoms with Crippen LogP contribution in [0.1, 0.15) is 32.6 Å². The summed E-state index contributed by atoms with van der Waals surface area (Å²) in [7, 11) is -3.61. The van der Waals surface area contributed by atoms with Crippen molar-refractivity contribution in [3.8, 4) is 0 Å². The molecule has 0 radical (unpaired) electrons. The molecule has 3 fully saturated rings. The van der Waals surface area contributed by atoms with Crippen LogP contribution in [0.3, 0.4) is 0 Å². The zero-order valence-corrected chi connectivity index (χ0v) is 18.4. The Labute approximate surface area is 182 Å². The van der Waals surface area contributed by atoms with E-state index >= 15 is 0 Å². The predicted octanol–water partition coefficient (Wildman–Crippen LogP) is 1.02. The van der Waals surface area contributed by atoms with Crippen LogP contribution >= 0.6 is 0 Å². The first-order chi connectivity index (χ1) is 14.7. The Kier molecular flexibility index (Phi) is 5.78. The molecular weight excluding hydrogens is 420 g/mol. The molecule has 168 valence electrons. The third kappa shape index (κ3) is 4.06. The Balaban J connectivity index is 1.35. The fourth-order valence-corrected chi connectivity index (χ4v) is 6.01. The molecule has 9 nitrogen and oxygen atoms in total. The highest BCUT2D eigenvalue weighted by molar-refractivity contribution is 7.89. The number of urea groups is 1. The summed E-state index contributed by atoms with van der Waals surface area (Å²) in [5.41, 5.74) is -0.869.